The zero-order valence-corrected chi connectivity index (χ0v) is 7.33. The molecule has 2 rings (SSSR count). The summed E-state index contributed by atoms with van der Waals surface area (Å²) in [5.41, 5.74) is 1.78. The number of aromatic nitrogens is 1. The first-order valence-electron chi connectivity index (χ1n) is 5.61. The van der Waals surface area contributed by atoms with Crippen LogP contribution in [0.25, 0.3) is 11.3 Å². The highest BCUT2D eigenvalue weighted by atomic mass is 14.7. The van der Waals surface area contributed by atoms with Gasteiger partial charge < -0.3 is 0 Å². The molecule has 2 aromatic rings. The highest BCUT2D eigenvalue weighted by Gasteiger charge is 1.96. The number of benzene rings is 1. The molecule has 0 bridgehead atoms. The number of rotatable bonds is 1. The van der Waals surface area contributed by atoms with Gasteiger partial charge in [0.2, 0.25) is 0 Å². The van der Waals surface area contributed by atoms with E-state index in [9.17, 15) is 0 Å². The second-order valence-electron chi connectivity index (χ2n) is 2.81. The molecule has 0 atom stereocenters. The predicted molar refractivity (Wildman–Crippen MR) is 54.4 cm³/mol. The third-order valence-electron chi connectivity index (χ3n) is 1.76. The molecule has 1 heteroatoms. The lowest BCUT2D eigenvalue weighted by atomic mass is 10.1. The molecule has 0 aliphatic heterocycles. The molecule has 0 radical (unpaired) electrons. The summed E-state index contributed by atoms with van der Waals surface area (Å²) in [6.07, 6.45) is -0.0765. The van der Waals surface area contributed by atoms with Crippen molar-refractivity contribution >= 4 is 0 Å². The van der Waals surface area contributed by atoms with Crippen molar-refractivity contribution in [1.29, 1.82) is 0 Å². The van der Waals surface area contributed by atoms with E-state index in [1.807, 2.05) is 30.3 Å². The van der Waals surface area contributed by atoms with E-state index in [1.54, 1.807) is 6.92 Å². The van der Waals surface area contributed by atoms with Gasteiger partial charge >= 0.3 is 0 Å². The first-order valence-corrected chi connectivity index (χ1v) is 4.11. The largest absolute Gasteiger partial charge is 0.256 e. The Bertz CT molecular complexity index is 524. The van der Waals surface area contributed by atoms with Crippen LogP contribution in [0.4, 0.5) is 0 Å². The maximum atomic E-state index is 7.90. The lowest BCUT2D eigenvalue weighted by Gasteiger charge is -2.00. The molecule has 1 heterocycles. The summed E-state index contributed by atoms with van der Waals surface area (Å²) in [4.78, 5) is 4.00. The van der Waals surface area contributed by atoms with Crippen LogP contribution in [0.5, 0.6) is 0 Å². The smallest absolute Gasteiger partial charge is 0.0840 e. The van der Waals surface area contributed by atoms with Crippen LogP contribution in [0.2, 0.25) is 0 Å². The Morgan fingerprint density at radius 3 is 2.77 bits per heavy atom. The molecule has 0 amide bonds. The van der Waals surface area contributed by atoms with Crippen LogP contribution < -0.4 is 0 Å². The van der Waals surface area contributed by atoms with Crippen molar-refractivity contribution in [2.24, 2.45) is 0 Å². The Morgan fingerprint density at radius 2 is 2.00 bits per heavy atom. The minimum absolute atomic E-state index is 0.0321. The van der Waals surface area contributed by atoms with Crippen LogP contribution in [0, 0.1) is 6.92 Å². The molecular formula is C12H11N. The highest BCUT2D eigenvalue weighted by Crippen LogP contribution is 2.16. The first kappa shape index (κ1) is 5.18. The van der Waals surface area contributed by atoms with Gasteiger partial charge in [0.25, 0.3) is 0 Å². The van der Waals surface area contributed by atoms with Gasteiger partial charge in [-0.15, -0.1) is 0 Å². The molecule has 0 aliphatic rings. The van der Waals surface area contributed by atoms with Gasteiger partial charge in [0.1, 0.15) is 0 Å². The fraction of sp³-hybridized carbons (Fsp3) is 0.0833. The van der Waals surface area contributed by atoms with Crippen molar-refractivity contribution in [1.82, 2.24) is 4.98 Å². The molecule has 1 nitrogen and oxygen atoms in total. The van der Waals surface area contributed by atoms with Gasteiger partial charge in [0.05, 0.1) is 9.81 Å². The Morgan fingerprint density at radius 1 is 1.23 bits per heavy atom. The van der Waals surface area contributed by atoms with Crippen LogP contribution in [-0.4, -0.2) is 4.98 Å². The van der Waals surface area contributed by atoms with Crippen molar-refractivity contribution in [2.45, 2.75) is 6.92 Å². The minimum Gasteiger partial charge on any atom is -0.256 e. The topological polar surface area (TPSA) is 12.9 Å². The van der Waals surface area contributed by atoms with Crippen LogP contribution in [0.1, 0.15) is 9.68 Å². The average Bonchev–Trinajstić information content (AvgIpc) is 2.32. The summed E-state index contributed by atoms with van der Waals surface area (Å²) >= 11 is 0. The third kappa shape index (κ3) is 1.75. The monoisotopic (exact) mass is 172 g/mol. The van der Waals surface area contributed by atoms with E-state index in [2.05, 4.69) is 4.98 Å². The summed E-state index contributed by atoms with van der Waals surface area (Å²) < 4.78 is 23.0. The van der Waals surface area contributed by atoms with E-state index < -0.39 is 0 Å². The highest BCUT2D eigenvalue weighted by molar-refractivity contribution is 5.59. The standard InChI is InChI=1S/C12H11N/c1-10-7-8-13-12(9-10)11-5-3-2-4-6-11/h2-9H,1H3/i7D,8D,9D. The Labute approximate surface area is 82.3 Å². The zero-order chi connectivity index (χ0) is 11.7. The third-order valence-corrected chi connectivity index (χ3v) is 1.76. The van der Waals surface area contributed by atoms with Gasteiger partial charge in [-0.1, -0.05) is 30.3 Å². The molecule has 0 fully saturated rings. The molecule has 0 spiro atoms. The fourth-order valence-electron chi connectivity index (χ4n) is 1.14. The van der Waals surface area contributed by atoms with Crippen LogP contribution >= 0.6 is 0 Å². The van der Waals surface area contributed by atoms with E-state index in [1.165, 1.54) is 0 Å². The molecule has 1 aromatic heterocycles. The summed E-state index contributed by atoms with van der Waals surface area (Å²) in [5, 5.41) is 0. The van der Waals surface area contributed by atoms with Gasteiger partial charge in [-0.2, -0.15) is 0 Å². The van der Waals surface area contributed by atoms with Gasteiger partial charge in [-0.3, -0.25) is 4.98 Å². The quantitative estimate of drug-likeness (QED) is 0.644. The SMILES string of the molecule is [2H]c1nc(-c2ccccc2)c([2H])c(C)c1[2H]. The lowest BCUT2D eigenvalue weighted by molar-refractivity contribution is 1.29. The van der Waals surface area contributed by atoms with Crippen molar-refractivity contribution in [2.75, 3.05) is 0 Å². The van der Waals surface area contributed by atoms with Gasteiger partial charge in [-0.25, -0.2) is 0 Å². The molecule has 0 unspecified atom stereocenters. The van der Waals surface area contributed by atoms with E-state index in [0.717, 1.165) is 5.56 Å². The Hall–Kier alpha value is -1.63. The van der Waals surface area contributed by atoms with E-state index in [0.29, 0.717) is 11.3 Å². The number of hydrogen-bond donors (Lipinski definition) is 0. The van der Waals surface area contributed by atoms with Crippen molar-refractivity contribution in [3.63, 3.8) is 0 Å². The second kappa shape index (κ2) is 3.40. The summed E-state index contributed by atoms with van der Waals surface area (Å²) in [7, 11) is 0. The van der Waals surface area contributed by atoms with Gasteiger partial charge in [-0.05, 0) is 24.6 Å². The molecular weight excluding hydrogens is 158 g/mol. The fourth-order valence-corrected chi connectivity index (χ4v) is 1.14. The predicted octanol–water partition coefficient (Wildman–Crippen LogP) is 3.06. The zero-order valence-electron chi connectivity index (χ0n) is 10.3. The Balaban J connectivity index is 2.68. The number of pyridine rings is 1. The molecule has 64 valence electrons. The lowest BCUT2D eigenvalue weighted by Crippen LogP contribution is -1.82. The molecule has 0 aliphatic carbocycles. The van der Waals surface area contributed by atoms with Crippen LogP contribution in [0.3, 0.4) is 0 Å². The molecule has 0 saturated carbocycles. The van der Waals surface area contributed by atoms with Crippen LogP contribution in [-0.2, 0) is 0 Å². The minimum atomic E-state index is -0.0765. The molecule has 0 N–H and O–H groups in total. The van der Waals surface area contributed by atoms with E-state index in [4.69, 9.17) is 4.11 Å². The molecule has 1 aromatic carbocycles. The van der Waals surface area contributed by atoms with E-state index >= 15 is 0 Å². The maximum absolute atomic E-state index is 7.90. The summed E-state index contributed by atoms with van der Waals surface area (Å²) in [6.45, 7) is 1.68. The normalized spacial score (nSPS) is 13.2. The van der Waals surface area contributed by atoms with Crippen LogP contribution in [0.15, 0.2) is 48.6 Å². The summed E-state index contributed by atoms with van der Waals surface area (Å²) in [6, 6.07) is 9.58. The number of hydrogen-bond acceptors (Lipinski definition) is 1. The maximum Gasteiger partial charge on any atom is 0.0840 e. The molecule has 13 heavy (non-hydrogen) atoms. The van der Waals surface area contributed by atoms with E-state index in [-0.39, 0.29) is 18.3 Å². The number of nitrogens with zero attached hydrogens (tertiary/aromatic N) is 1. The Kier molecular flexibility index (Phi) is 1.35. The van der Waals surface area contributed by atoms with Crippen molar-refractivity contribution in [3.05, 3.63) is 54.2 Å². The van der Waals surface area contributed by atoms with Gasteiger partial charge in [0.15, 0.2) is 0 Å². The summed E-state index contributed by atoms with van der Waals surface area (Å²) in [5.74, 6) is 0. The van der Waals surface area contributed by atoms with Crippen molar-refractivity contribution in [3.8, 4) is 11.3 Å². The second-order valence-corrected chi connectivity index (χ2v) is 2.81. The average molecular weight is 172 g/mol. The molecule has 0 saturated heterocycles. The van der Waals surface area contributed by atoms with Gasteiger partial charge in [0, 0.05) is 11.7 Å². The first-order chi connectivity index (χ1) is 7.61. The van der Waals surface area contributed by atoms with Crippen molar-refractivity contribution < 1.29 is 4.11 Å².